The Morgan fingerprint density at radius 1 is 1.21 bits per heavy atom. The summed E-state index contributed by atoms with van der Waals surface area (Å²) in [5, 5.41) is 13.5. The van der Waals surface area contributed by atoms with Crippen molar-refractivity contribution in [3.8, 4) is 5.75 Å². The molecule has 0 spiro atoms. The van der Waals surface area contributed by atoms with Gasteiger partial charge in [0.25, 0.3) is 5.69 Å². The number of benzene rings is 1. The fourth-order valence-corrected chi connectivity index (χ4v) is 1.75. The van der Waals surface area contributed by atoms with Gasteiger partial charge < -0.3 is 14.8 Å². The zero-order valence-corrected chi connectivity index (χ0v) is 10.6. The van der Waals surface area contributed by atoms with E-state index in [1.165, 1.54) is 25.0 Å². The quantitative estimate of drug-likeness (QED) is 0.475. The molecule has 19 heavy (non-hydrogen) atoms. The lowest BCUT2D eigenvalue weighted by atomic mass is 10.2. The predicted octanol–water partition coefficient (Wildman–Crippen LogP) is 1.82. The summed E-state index contributed by atoms with van der Waals surface area (Å²) in [5.41, 5.74) is 0.775. The molecule has 0 bridgehead atoms. The molecule has 2 heterocycles. The predicted molar refractivity (Wildman–Crippen MR) is 72.9 cm³/mol. The second-order valence-corrected chi connectivity index (χ2v) is 4.03. The molecule has 101 valence electrons. The van der Waals surface area contributed by atoms with Crippen LogP contribution in [0.15, 0.2) is 18.2 Å². The van der Waals surface area contributed by atoms with Crippen LogP contribution in [0.1, 0.15) is 12.8 Å². The van der Waals surface area contributed by atoms with Gasteiger partial charge in [-0.25, -0.2) is 0 Å². The molecule has 2 aliphatic heterocycles. The summed E-state index contributed by atoms with van der Waals surface area (Å²) in [6.45, 7) is 3.29. The maximum Gasteiger partial charge on any atom is 0.271 e. The minimum Gasteiger partial charge on any atom is -0.490 e. The monoisotopic (exact) mass is 263 g/mol. The van der Waals surface area contributed by atoms with E-state index in [1.54, 1.807) is 6.07 Å². The number of nitro groups is 1. The number of anilines is 1. The van der Waals surface area contributed by atoms with E-state index in [-0.39, 0.29) is 14.1 Å². The van der Waals surface area contributed by atoms with Crippen LogP contribution in [0.4, 0.5) is 11.4 Å². The molecule has 2 aliphatic rings. The van der Waals surface area contributed by atoms with Crippen molar-refractivity contribution in [3.05, 3.63) is 28.3 Å². The zero-order chi connectivity index (χ0) is 12.8. The van der Waals surface area contributed by atoms with Crippen LogP contribution >= 0.6 is 0 Å². The van der Waals surface area contributed by atoms with Crippen molar-refractivity contribution in [2.24, 2.45) is 0 Å². The first-order valence-corrected chi connectivity index (χ1v) is 6.00. The van der Waals surface area contributed by atoms with Crippen LogP contribution in [0.5, 0.6) is 5.75 Å². The van der Waals surface area contributed by atoms with Gasteiger partial charge in [0.2, 0.25) is 0 Å². The molecule has 3 radical (unpaired) electrons. The number of hydrogen-bond donors (Lipinski definition) is 1. The minimum absolute atomic E-state index is 0. The highest BCUT2D eigenvalue weighted by Crippen LogP contribution is 2.30. The second kappa shape index (κ2) is 7.63. The molecule has 3 rings (SSSR count). The third-order valence-electron chi connectivity index (χ3n) is 2.68. The van der Waals surface area contributed by atoms with E-state index in [0.717, 1.165) is 13.2 Å². The van der Waals surface area contributed by atoms with Gasteiger partial charge in [-0.1, -0.05) is 0 Å². The summed E-state index contributed by atoms with van der Waals surface area (Å²) in [5.74, 6) is 0.678. The summed E-state index contributed by atoms with van der Waals surface area (Å²) < 4.78 is 10.2. The largest absolute Gasteiger partial charge is 0.490 e. The Bertz CT molecular complexity index is 417. The number of nitro benzene ring substituents is 1. The van der Waals surface area contributed by atoms with Crippen molar-refractivity contribution in [2.45, 2.75) is 12.8 Å². The molecule has 1 fully saturated rings. The first kappa shape index (κ1) is 15.3. The number of non-ortho nitro benzene ring substituents is 1. The lowest BCUT2D eigenvalue weighted by molar-refractivity contribution is -0.384. The topological polar surface area (TPSA) is 73.6 Å². The molecular formula is C12H16BN2O4. The molecule has 1 aromatic carbocycles. The molecule has 7 heteroatoms. The number of hydrogen-bond acceptors (Lipinski definition) is 5. The van der Waals surface area contributed by atoms with E-state index in [9.17, 15) is 10.1 Å². The molecule has 1 aromatic rings. The van der Waals surface area contributed by atoms with Crippen LogP contribution in [-0.2, 0) is 4.74 Å². The molecule has 1 saturated heterocycles. The Kier molecular flexibility index (Phi) is 6.15. The van der Waals surface area contributed by atoms with Crippen LogP contribution in [0, 0.1) is 10.1 Å². The van der Waals surface area contributed by atoms with Gasteiger partial charge in [-0.3, -0.25) is 10.1 Å². The molecule has 0 amide bonds. The molecule has 0 aromatic heterocycles. The summed E-state index contributed by atoms with van der Waals surface area (Å²) in [6, 6.07) is 4.53. The number of rotatable bonds is 1. The number of nitrogens with zero attached hydrogens (tertiary/aromatic N) is 1. The first-order chi connectivity index (χ1) is 8.77. The second-order valence-electron chi connectivity index (χ2n) is 4.03. The molecule has 0 saturated carbocycles. The first-order valence-electron chi connectivity index (χ1n) is 6.00. The van der Waals surface area contributed by atoms with Gasteiger partial charge in [-0.05, 0) is 18.9 Å². The third kappa shape index (κ3) is 4.44. The normalized spacial score (nSPS) is 15.8. The van der Waals surface area contributed by atoms with E-state index in [4.69, 9.17) is 9.47 Å². The van der Waals surface area contributed by atoms with Gasteiger partial charge in [0.1, 0.15) is 12.4 Å². The smallest absolute Gasteiger partial charge is 0.271 e. The van der Waals surface area contributed by atoms with Gasteiger partial charge >= 0.3 is 0 Å². The summed E-state index contributed by atoms with van der Waals surface area (Å²) in [6.07, 6.45) is 2.56. The van der Waals surface area contributed by atoms with Crippen LogP contribution in [0.25, 0.3) is 0 Å². The molecular weight excluding hydrogens is 247 g/mol. The Morgan fingerprint density at radius 3 is 2.53 bits per heavy atom. The average Bonchev–Trinajstić information content (AvgIpc) is 2.97. The molecule has 0 aliphatic carbocycles. The fraction of sp³-hybridized carbons (Fsp3) is 0.500. The molecule has 1 N–H and O–H groups in total. The van der Waals surface area contributed by atoms with Crippen LogP contribution in [0.2, 0.25) is 0 Å². The number of nitrogens with one attached hydrogen (secondary N) is 1. The van der Waals surface area contributed by atoms with Gasteiger partial charge in [0.15, 0.2) is 0 Å². The highest BCUT2D eigenvalue weighted by atomic mass is 16.6. The third-order valence-corrected chi connectivity index (χ3v) is 2.68. The van der Waals surface area contributed by atoms with Crippen LogP contribution in [0.3, 0.4) is 0 Å². The van der Waals surface area contributed by atoms with Gasteiger partial charge in [0, 0.05) is 40.3 Å². The summed E-state index contributed by atoms with van der Waals surface area (Å²) >= 11 is 0. The Balaban J connectivity index is 0.000000256. The number of ether oxygens (including phenoxy) is 2. The fourth-order valence-electron chi connectivity index (χ4n) is 1.75. The van der Waals surface area contributed by atoms with Crippen molar-refractivity contribution in [3.63, 3.8) is 0 Å². The van der Waals surface area contributed by atoms with Crippen molar-refractivity contribution in [1.29, 1.82) is 0 Å². The lowest BCUT2D eigenvalue weighted by Gasteiger charge is -2.18. The molecule has 0 unspecified atom stereocenters. The van der Waals surface area contributed by atoms with E-state index in [0.29, 0.717) is 24.6 Å². The highest BCUT2D eigenvalue weighted by Gasteiger charge is 2.13. The van der Waals surface area contributed by atoms with Crippen molar-refractivity contribution < 1.29 is 14.4 Å². The Labute approximate surface area is 113 Å². The zero-order valence-electron chi connectivity index (χ0n) is 10.6. The standard InChI is InChI=1S/C8H8N2O3.C4H8O.B/c11-10(12)6-1-2-8-7(5-6)9-3-4-13-8;1-2-4-5-3-1;/h1-2,5,9H,3-4H2;1-4H2;. The van der Waals surface area contributed by atoms with Crippen molar-refractivity contribution in [1.82, 2.24) is 0 Å². The van der Waals surface area contributed by atoms with Gasteiger partial charge in [-0.2, -0.15) is 0 Å². The Hall–Kier alpha value is -1.76. The molecule has 0 atom stereocenters. The molecule has 6 nitrogen and oxygen atoms in total. The highest BCUT2D eigenvalue weighted by molar-refractivity contribution is 5.75. The summed E-state index contributed by atoms with van der Waals surface area (Å²) in [4.78, 5) is 10.0. The lowest BCUT2D eigenvalue weighted by Crippen LogP contribution is -2.17. The number of fused-ring (bicyclic) bond motifs is 1. The van der Waals surface area contributed by atoms with E-state index >= 15 is 0 Å². The minimum atomic E-state index is -0.420. The van der Waals surface area contributed by atoms with Crippen molar-refractivity contribution in [2.75, 3.05) is 31.7 Å². The Morgan fingerprint density at radius 2 is 1.95 bits per heavy atom. The van der Waals surface area contributed by atoms with E-state index in [1.807, 2.05) is 0 Å². The van der Waals surface area contributed by atoms with Crippen LogP contribution in [-0.4, -0.2) is 39.7 Å². The van der Waals surface area contributed by atoms with E-state index < -0.39 is 4.92 Å². The van der Waals surface area contributed by atoms with Crippen LogP contribution < -0.4 is 10.1 Å². The SMILES string of the molecule is C1CCOC1.O=[N+]([O-])c1ccc2c(c1)NCCO2.[B]. The maximum atomic E-state index is 10.4. The average molecular weight is 263 g/mol. The summed E-state index contributed by atoms with van der Waals surface area (Å²) in [7, 11) is 0. The van der Waals surface area contributed by atoms with E-state index in [2.05, 4.69) is 5.32 Å². The maximum absolute atomic E-state index is 10.4. The van der Waals surface area contributed by atoms with Crippen molar-refractivity contribution >= 4 is 19.8 Å². The van der Waals surface area contributed by atoms with Gasteiger partial charge in [0.05, 0.1) is 10.6 Å². The van der Waals surface area contributed by atoms with Gasteiger partial charge in [-0.15, -0.1) is 0 Å².